The Kier molecular flexibility index (Phi) is 5.64. The Labute approximate surface area is 68.7 Å². The van der Waals surface area contributed by atoms with Crippen molar-refractivity contribution in [3.05, 3.63) is 11.1 Å². The quantitative estimate of drug-likeness (QED) is 0.767. The van der Waals surface area contributed by atoms with Gasteiger partial charge in [0.15, 0.2) is 0 Å². The molecule has 1 atom stereocenters. The van der Waals surface area contributed by atoms with Crippen molar-refractivity contribution in [2.24, 2.45) is 0 Å². The number of aliphatic hydroxyl groups excluding tert-OH is 1. The van der Waals surface area contributed by atoms with Crippen molar-refractivity contribution in [1.29, 1.82) is 0 Å². The van der Waals surface area contributed by atoms with Crippen molar-refractivity contribution in [2.45, 2.75) is 12.2 Å². The predicted molar refractivity (Wildman–Crippen MR) is 47.1 cm³/mol. The van der Waals surface area contributed by atoms with Crippen molar-refractivity contribution in [2.75, 3.05) is 12.4 Å². The minimum absolute atomic E-state index is 0.241. The fraction of sp³-hybridized carbons (Fsp3) is 0.667. The fourth-order valence-electron chi connectivity index (χ4n) is 0.285. The van der Waals surface area contributed by atoms with Crippen LogP contribution in [0, 0.1) is 0 Å². The van der Waals surface area contributed by atoms with Crippen LogP contribution >= 0.6 is 27.7 Å². The van der Waals surface area contributed by atoms with Crippen LogP contribution in [0.15, 0.2) is 11.1 Å². The molecule has 0 heterocycles. The third-order valence-electron chi connectivity index (χ3n) is 0.782. The maximum atomic E-state index is 8.58. The van der Waals surface area contributed by atoms with Crippen LogP contribution in [0.25, 0.3) is 0 Å². The van der Waals surface area contributed by atoms with Crippen LogP contribution in [0.5, 0.6) is 0 Å². The first kappa shape index (κ1) is 9.53. The molecular weight excluding hydrogens is 200 g/mol. The molecule has 0 radical (unpaired) electrons. The van der Waals surface area contributed by atoms with Crippen LogP contribution in [0.4, 0.5) is 0 Å². The molecule has 0 aromatic rings. The zero-order chi connectivity index (χ0) is 7.28. The Hall–Kier alpha value is 0.530. The van der Waals surface area contributed by atoms with Gasteiger partial charge in [-0.2, -0.15) is 11.8 Å². The van der Waals surface area contributed by atoms with Crippen LogP contribution < -0.4 is 0 Å². The molecule has 0 aromatic carbocycles. The average molecular weight is 211 g/mol. The smallest absolute Gasteiger partial charge is 0.0547 e. The molecule has 0 bridgehead atoms. The maximum absolute atomic E-state index is 8.58. The van der Waals surface area contributed by atoms with E-state index in [0.717, 1.165) is 10.2 Å². The summed E-state index contributed by atoms with van der Waals surface area (Å²) in [6, 6.07) is 0. The lowest BCUT2D eigenvalue weighted by Crippen LogP contribution is -2.02. The highest BCUT2D eigenvalue weighted by molar-refractivity contribution is 9.11. The first-order valence-electron chi connectivity index (χ1n) is 2.72. The van der Waals surface area contributed by atoms with Crippen LogP contribution in [0.2, 0.25) is 0 Å². The summed E-state index contributed by atoms with van der Waals surface area (Å²) in [7, 11) is 0. The summed E-state index contributed by atoms with van der Waals surface area (Å²) in [6.07, 6.45) is 0. The normalized spacial score (nSPS) is 13.2. The van der Waals surface area contributed by atoms with E-state index in [0.29, 0.717) is 5.25 Å². The molecule has 9 heavy (non-hydrogen) atoms. The summed E-state index contributed by atoms with van der Waals surface area (Å²) in [4.78, 5) is 0. The summed E-state index contributed by atoms with van der Waals surface area (Å²) in [6.45, 7) is 5.90. The highest BCUT2D eigenvalue weighted by Gasteiger charge is 1.98. The zero-order valence-electron chi connectivity index (χ0n) is 5.43. The van der Waals surface area contributed by atoms with E-state index < -0.39 is 0 Å². The Balaban J connectivity index is 3.16. The molecule has 0 aliphatic heterocycles. The van der Waals surface area contributed by atoms with Crippen LogP contribution in [-0.2, 0) is 0 Å². The molecule has 0 aromatic heterocycles. The van der Waals surface area contributed by atoms with Gasteiger partial charge in [-0.3, -0.25) is 0 Å². The van der Waals surface area contributed by atoms with E-state index in [4.69, 9.17) is 5.11 Å². The summed E-state index contributed by atoms with van der Waals surface area (Å²) in [5.41, 5.74) is 0. The lowest BCUT2D eigenvalue weighted by atomic mass is 10.5. The number of thioether (sulfide) groups is 1. The molecule has 1 unspecified atom stereocenters. The Morgan fingerprint density at radius 3 is 2.78 bits per heavy atom. The zero-order valence-corrected chi connectivity index (χ0v) is 7.83. The van der Waals surface area contributed by atoms with Crippen molar-refractivity contribution in [3.8, 4) is 0 Å². The Morgan fingerprint density at radius 2 is 2.44 bits per heavy atom. The second kappa shape index (κ2) is 5.33. The van der Waals surface area contributed by atoms with Gasteiger partial charge in [0.1, 0.15) is 0 Å². The molecule has 54 valence electrons. The van der Waals surface area contributed by atoms with E-state index >= 15 is 0 Å². The van der Waals surface area contributed by atoms with Gasteiger partial charge in [-0.25, -0.2) is 0 Å². The van der Waals surface area contributed by atoms with Gasteiger partial charge in [0.05, 0.1) is 6.61 Å². The van der Waals surface area contributed by atoms with Crippen molar-refractivity contribution in [1.82, 2.24) is 0 Å². The highest BCUT2D eigenvalue weighted by Crippen LogP contribution is 2.15. The van der Waals surface area contributed by atoms with Gasteiger partial charge in [0, 0.05) is 11.0 Å². The van der Waals surface area contributed by atoms with Crippen LogP contribution in [0.1, 0.15) is 6.92 Å². The lowest BCUT2D eigenvalue weighted by Gasteiger charge is -2.04. The molecule has 0 rings (SSSR count). The molecule has 0 amide bonds. The second-order valence-electron chi connectivity index (χ2n) is 1.82. The van der Waals surface area contributed by atoms with Gasteiger partial charge in [0.2, 0.25) is 0 Å². The summed E-state index contributed by atoms with van der Waals surface area (Å²) >= 11 is 4.92. The number of rotatable bonds is 4. The van der Waals surface area contributed by atoms with Gasteiger partial charge in [0.25, 0.3) is 0 Å². The molecule has 0 aliphatic carbocycles. The molecule has 1 nitrogen and oxygen atoms in total. The first-order chi connectivity index (χ1) is 4.16. The highest BCUT2D eigenvalue weighted by atomic mass is 79.9. The molecule has 3 heteroatoms. The van der Waals surface area contributed by atoms with Crippen LogP contribution in [0.3, 0.4) is 0 Å². The van der Waals surface area contributed by atoms with E-state index in [9.17, 15) is 0 Å². The van der Waals surface area contributed by atoms with Crippen LogP contribution in [-0.4, -0.2) is 22.7 Å². The SMILES string of the molecule is C=C(Br)CSC(C)CO. The van der Waals surface area contributed by atoms with E-state index in [2.05, 4.69) is 22.5 Å². The Bertz CT molecular complexity index is 95.1. The van der Waals surface area contributed by atoms with E-state index in [1.165, 1.54) is 0 Å². The van der Waals surface area contributed by atoms with Crippen molar-refractivity contribution in [3.63, 3.8) is 0 Å². The largest absolute Gasteiger partial charge is 0.395 e. The summed E-state index contributed by atoms with van der Waals surface area (Å²) in [5.74, 6) is 0.877. The topological polar surface area (TPSA) is 20.2 Å². The van der Waals surface area contributed by atoms with Gasteiger partial charge >= 0.3 is 0 Å². The van der Waals surface area contributed by atoms with E-state index in [1.807, 2.05) is 6.92 Å². The summed E-state index contributed by atoms with van der Waals surface area (Å²) < 4.78 is 0.979. The lowest BCUT2D eigenvalue weighted by molar-refractivity contribution is 0.300. The van der Waals surface area contributed by atoms with E-state index in [1.54, 1.807) is 11.8 Å². The molecule has 0 saturated carbocycles. The first-order valence-corrected chi connectivity index (χ1v) is 4.56. The molecule has 0 aliphatic rings. The average Bonchev–Trinajstić information content (AvgIpc) is 1.83. The molecule has 0 spiro atoms. The third kappa shape index (κ3) is 6.41. The minimum atomic E-state index is 0.241. The molecule has 0 saturated heterocycles. The number of aliphatic hydroxyl groups is 1. The third-order valence-corrected chi connectivity index (χ3v) is 2.67. The number of halogens is 1. The monoisotopic (exact) mass is 210 g/mol. The number of hydrogen-bond donors (Lipinski definition) is 1. The number of hydrogen-bond acceptors (Lipinski definition) is 2. The second-order valence-corrected chi connectivity index (χ2v) is 4.37. The van der Waals surface area contributed by atoms with Gasteiger partial charge < -0.3 is 5.11 Å². The molecular formula is C6H11BrOS. The van der Waals surface area contributed by atoms with Gasteiger partial charge in [-0.1, -0.05) is 29.4 Å². The van der Waals surface area contributed by atoms with E-state index in [-0.39, 0.29) is 6.61 Å². The Morgan fingerprint density at radius 1 is 1.89 bits per heavy atom. The summed E-state index contributed by atoms with van der Waals surface area (Å²) in [5, 5.41) is 8.90. The maximum Gasteiger partial charge on any atom is 0.0547 e. The standard InChI is InChI=1S/C6H11BrOS/c1-5(7)4-9-6(2)3-8/h6,8H,1,3-4H2,2H3. The molecule has 1 N–H and O–H groups in total. The van der Waals surface area contributed by atoms with Crippen molar-refractivity contribution < 1.29 is 5.11 Å². The fourth-order valence-corrected chi connectivity index (χ4v) is 1.25. The minimum Gasteiger partial charge on any atom is -0.395 e. The predicted octanol–water partition coefficient (Wildman–Crippen LogP) is 2.01. The molecule has 0 fully saturated rings. The van der Waals surface area contributed by atoms with Gasteiger partial charge in [-0.15, -0.1) is 0 Å². The van der Waals surface area contributed by atoms with Crippen molar-refractivity contribution >= 4 is 27.7 Å². The van der Waals surface area contributed by atoms with Gasteiger partial charge in [-0.05, 0) is 4.48 Å².